The second kappa shape index (κ2) is 12.9. The minimum absolute atomic E-state index is 0.365. The highest BCUT2D eigenvalue weighted by atomic mass is 79.9. The van der Waals surface area contributed by atoms with Crippen molar-refractivity contribution in [2.75, 3.05) is 18.9 Å². The fourth-order valence-corrected chi connectivity index (χ4v) is 4.74. The van der Waals surface area contributed by atoms with E-state index >= 15 is 0 Å². The second-order valence-electron chi connectivity index (χ2n) is 7.44. The van der Waals surface area contributed by atoms with Crippen LogP contribution in [0.3, 0.4) is 0 Å². The molecular formula is C25H25BrClN5O2S. The molecule has 1 aromatic heterocycles. The summed E-state index contributed by atoms with van der Waals surface area (Å²) >= 11 is 11.5. The topological polar surface area (TPSA) is 74.1 Å². The summed E-state index contributed by atoms with van der Waals surface area (Å²) in [4.78, 5) is 0. The van der Waals surface area contributed by atoms with Crippen LogP contribution in [0.25, 0.3) is 5.69 Å². The zero-order chi connectivity index (χ0) is 24.5. The summed E-state index contributed by atoms with van der Waals surface area (Å²) in [5.41, 5.74) is 2.95. The van der Waals surface area contributed by atoms with Gasteiger partial charge in [0, 0.05) is 33.9 Å². The molecule has 0 radical (unpaired) electrons. The van der Waals surface area contributed by atoms with Gasteiger partial charge in [0.15, 0.2) is 11.5 Å². The lowest BCUT2D eigenvalue weighted by atomic mass is 10.2. The molecule has 0 aliphatic rings. The predicted molar refractivity (Wildman–Crippen MR) is 143 cm³/mol. The molecule has 0 saturated carbocycles. The highest BCUT2D eigenvalue weighted by Gasteiger charge is 2.13. The molecule has 3 aromatic carbocycles. The first kappa shape index (κ1) is 25.5. The van der Waals surface area contributed by atoms with Crippen LogP contribution in [-0.4, -0.2) is 39.1 Å². The van der Waals surface area contributed by atoms with Crippen molar-refractivity contribution in [3.8, 4) is 17.2 Å². The molecule has 1 N–H and O–H groups in total. The van der Waals surface area contributed by atoms with Gasteiger partial charge in [-0.3, -0.25) is 0 Å². The summed E-state index contributed by atoms with van der Waals surface area (Å²) in [5, 5.41) is 17.0. The van der Waals surface area contributed by atoms with Crippen LogP contribution < -0.4 is 14.8 Å². The Balaban J connectivity index is 1.32. The number of benzene rings is 3. The van der Waals surface area contributed by atoms with E-state index in [1.54, 1.807) is 16.4 Å². The summed E-state index contributed by atoms with van der Waals surface area (Å²) < 4.78 is 14.6. The van der Waals surface area contributed by atoms with Gasteiger partial charge in [0.1, 0.15) is 6.61 Å². The summed E-state index contributed by atoms with van der Waals surface area (Å²) in [6.45, 7) is 4.33. The molecule has 0 saturated heterocycles. The quantitative estimate of drug-likeness (QED) is 0.166. The highest BCUT2D eigenvalue weighted by molar-refractivity contribution is 9.10. The summed E-state index contributed by atoms with van der Waals surface area (Å²) in [7, 11) is 0. The van der Waals surface area contributed by atoms with Crippen LogP contribution in [0.1, 0.15) is 18.1 Å². The van der Waals surface area contributed by atoms with Crippen LogP contribution in [0, 0.1) is 0 Å². The molecule has 0 spiro atoms. The Bertz CT molecular complexity index is 1240. The minimum Gasteiger partial charge on any atom is -0.490 e. The average molecular weight is 575 g/mol. The molecule has 0 amide bonds. The molecule has 10 heteroatoms. The maximum atomic E-state index is 6.26. The standard InChI is InChI=1S/C25H25BrClN5O2S/c1-2-33-23-14-19(21(26)15-24(23)34-17-18-8-6-7-11-22(18)27)16-28-12-13-35-25-29-30-31-32(25)20-9-4-3-5-10-20/h3-11,14-15,28H,2,12-13,16-17H2,1H3. The van der Waals surface area contributed by atoms with Crippen molar-refractivity contribution in [2.24, 2.45) is 0 Å². The lowest BCUT2D eigenvalue weighted by molar-refractivity contribution is 0.269. The number of rotatable bonds is 12. The lowest BCUT2D eigenvalue weighted by Gasteiger charge is -2.16. The highest BCUT2D eigenvalue weighted by Crippen LogP contribution is 2.35. The number of hydrogen-bond donors (Lipinski definition) is 1. The summed E-state index contributed by atoms with van der Waals surface area (Å²) in [5.74, 6) is 2.20. The van der Waals surface area contributed by atoms with E-state index in [0.717, 1.165) is 38.7 Å². The van der Waals surface area contributed by atoms with E-state index in [1.165, 1.54) is 0 Å². The molecule has 0 aliphatic heterocycles. The van der Waals surface area contributed by atoms with Crippen LogP contribution in [0.15, 0.2) is 76.4 Å². The van der Waals surface area contributed by atoms with E-state index < -0.39 is 0 Å². The van der Waals surface area contributed by atoms with E-state index in [4.69, 9.17) is 21.1 Å². The van der Waals surface area contributed by atoms with Crippen LogP contribution in [-0.2, 0) is 13.2 Å². The number of tetrazole rings is 1. The van der Waals surface area contributed by atoms with Gasteiger partial charge in [0.25, 0.3) is 0 Å². The van der Waals surface area contributed by atoms with Gasteiger partial charge in [-0.15, -0.1) is 5.10 Å². The number of aromatic nitrogens is 4. The average Bonchev–Trinajstić information content (AvgIpc) is 3.34. The molecule has 35 heavy (non-hydrogen) atoms. The zero-order valence-electron chi connectivity index (χ0n) is 19.2. The Morgan fingerprint density at radius 1 is 1.00 bits per heavy atom. The molecule has 4 rings (SSSR count). The van der Waals surface area contributed by atoms with Crippen LogP contribution in [0.5, 0.6) is 11.5 Å². The van der Waals surface area contributed by atoms with E-state index in [2.05, 4.69) is 36.8 Å². The normalized spacial score (nSPS) is 10.9. The van der Waals surface area contributed by atoms with E-state index in [0.29, 0.717) is 36.3 Å². The summed E-state index contributed by atoms with van der Waals surface area (Å²) in [6.07, 6.45) is 0. The first-order valence-corrected chi connectivity index (χ1v) is 13.3. The van der Waals surface area contributed by atoms with Gasteiger partial charge in [0.05, 0.1) is 12.3 Å². The van der Waals surface area contributed by atoms with Gasteiger partial charge in [-0.1, -0.05) is 75.7 Å². The van der Waals surface area contributed by atoms with Crippen LogP contribution >= 0.6 is 39.3 Å². The Morgan fingerprint density at radius 3 is 2.57 bits per heavy atom. The number of nitrogens with one attached hydrogen (secondary N) is 1. The summed E-state index contributed by atoms with van der Waals surface area (Å²) in [6, 6.07) is 21.5. The molecule has 0 fully saturated rings. The van der Waals surface area contributed by atoms with Crippen molar-refractivity contribution in [1.82, 2.24) is 25.5 Å². The number of ether oxygens (including phenoxy) is 2. The van der Waals surface area contributed by atoms with E-state index in [9.17, 15) is 0 Å². The van der Waals surface area contributed by atoms with Crippen molar-refractivity contribution in [1.29, 1.82) is 0 Å². The van der Waals surface area contributed by atoms with Crippen molar-refractivity contribution < 1.29 is 9.47 Å². The minimum atomic E-state index is 0.365. The van der Waals surface area contributed by atoms with E-state index in [1.807, 2.05) is 73.7 Å². The maximum Gasteiger partial charge on any atom is 0.214 e. The first-order valence-electron chi connectivity index (χ1n) is 11.1. The molecule has 182 valence electrons. The third-order valence-corrected chi connectivity index (χ3v) is 7.05. The molecule has 0 atom stereocenters. The second-order valence-corrected chi connectivity index (χ2v) is 9.76. The molecule has 0 unspecified atom stereocenters. The Morgan fingerprint density at radius 2 is 1.77 bits per heavy atom. The fraction of sp³-hybridized carbons (Fsp3) is 0.240. The van der Waals surface area contributed by atoms with Crippen molar-refractivity contribution in [3.05, 3.63) is 87.4 Å². The van der Waals surface area contributed by atoms with Gasteiger partial charge in [-0.2, -0.15) is 4.68 Å². The molecule has 1 heterocycles. The largest absolute Gasteiger partial charge is 0.490 e. The molecule has 0 aliphatic carbocycles. The van der Waals surface area contributed by atoms with Crippen molar-refractivity contribution >= 4 is 39.3 Å². The molecule has 0 bridgehead atoms. The first-order chi connectivity index (χ1) is 17.2. The Hall–Kier alpha value is -2.59. The third-order valence-electron chi connectivity index (χ3n) is 5.02. The Kier molecular flexibility index (Phi) is 9.42. The number of thioether (sulfide) groups is 1. The maximum absolute atomic E-state index is 6.26. The van der Waals surface area contributed by atoms with Crippen molar-refractivity contribution in [3.63, 3.8) is 0 Å². The monoisotopic (exact) mass is 573 g/mol. The van der Waals surface area contributed by atoms with Gasteiger partial charge < -0.3 is 14.8 Å². The van der Waals surface area contributed by atoms with Gasteiger partial charge in [-0.25, -0.2) is 0 Å². The van der Waals surface area contributed by atoms with Crippen molar-refractivity contribution in [2.45, 2.75) is 25.2 Å². The number of para-hydroxylation sites is 1. The number of hydrogen-bond acceptors (Lipinski definition) is 7. The SMILES string of the molecule is CCOc1cc(CNCCSc2nnnn2-c2ccccc2)c(Br)cc1OCc1ccccc1Cl. The number of halogens is 2. The van der Waals surface area contributed by atoms with Crippen LogP contribution in [0.2, 0.25) is 5.02 Å². The van der Waals surface area contributed by atoms with Gasteiger partial charge in [-0.05, 0) is 53.2 Å². The molecule has 4 aromatic rings. The molecular weight excluding hydrogens is 550 g/mol. The van der Waals surface area contributed by atoms with Gasteiger partial charge in [0.2, 0.25) is 5.16 Å². The Labute approximate surface area is 222 Å². The molecule has 7 nitrogen and oxygen atoms in total. The fourth-order valence-electron chi connectivity index (χ4n) is 3.30. The smallest absolute Gasteiger partial charge is 0.214 e. The third kappa shape index (κ3) is 6.98. The lowest BCUT2D eigenvalue weighted by Crippen LogP contribution is -2.17. The predicted octanol–water partition coefficient (Wildman–Crippen LogP) is 5.94. The number of nitrogens with zero attached hydrogens (tertiary/aromatic N) is 4. The van der Waals surface area contributed by atoms with Gasteiger partial charge >= 0.3 is 0 Å². The van der Waals surface area contributed by atoms with Crippen LogP contribution in [0.4, 0.5) is 0 Å². The van der Waals surface area contributed by atoms with E-state index in [-0.39, 0.29) is 0 Å². The zero-order valence-corrected chi connectivity index (χ0v) is 22.3.